The maximum absolute atomic E-state index is 11.9. The maximum atomic E-state index is 11.9. The summed E-state index contributed by atoms with van der Waals surface area (Å²) in [6.45, 7) is 8.88. The molecule has 106 valence electrons. The molecule has 0 bridgehead atoms. The topological polar surface area (TPSA) is 62.0 Å². The third-order valence-corrected chi connectivity index (χ3v) is 3.42. The molecule has 1 atom stereocenters. The van der Waals surface area contributed by atoms with Crippen LogP contribution >= 0.6 is 0 Å². The Morgan fingerprint density at radius 3 is 2.53 bits per heavy atom. The molecule has 4 nitrogen and oxygen atoms in total. The first-order valence-corrected chi connectivity index (χ1v) is 6.97. The van der Waals surface area contributed by atoms with Gasteiger partial charge in [-0.2, -0.15) is 0 Å². The Labute approximate surface area is 114 Å². The van der Waals surface area contributed by atoms with Crippen molar-refractivity contribution in [2.75, 3.05) is 6.54 Å². The second-order valence-electron chi connectivity index (χ2n) is 5.37. The van der Waals surface area contributed by atoms with Gasteiger partial charge in [0, 0.05) is 12.2 Å². The normalized spacial score (nSPS) is 12.5. The molecule has 0 aliphatic carbocycles. The lowest BCUT2D eigenvalue weighted by Gasteiger charge is -2.10. The molecule has 0 spiro atoms. The molecule has 0 fully saturated rings. The monoisotopic (exact) mass is 264 g/mol. The summed E-state index contributed by atoms with van der Waals surface area (Å²) in [6.07, 6.45) is 2.03. The third kappa shape index (κ3) is 4.54. The quantitative estimate of drug-likeness (QED) is 0.829. The smallest absolute Gasteiger partial charge is 0.261 e. The van der Waals surface area contributed by atoms with Crippen LogP contribution in [0.25, 0.3) is 0 Å². The Balaban J connectivity index is 2.65. The van der Waals surface area contributed by atoms with Crippen LogP contribution in [-0.4, -0.2) is 17.4 Å². The molecule has 1 unspecified atom stereocenters. The minimum atomic E-state index is -0.313. The van der Waals surface area contributed by atoms with E-state index in [2.05, 4.69) is 24.1 Å². The van der Waals surface area contributed by atoms with Crippen molar-refractivity contribution in [2.45, 2.75) is 46.5 Å². The van der Waals surface area contributed by atoms with Gasteiger partial charge in [-0.15, -0.1) is 0 Å². The predicted molar refractivity (Wildman–Crippen MR) is 77.6 cm³/mol. The molecule has 0 aliphatic rings. The van der Waals surface area contributed by atoms with Crippen molar-refractivity contribution in [3.8, 4) is 0 Å². The van der Waals surface area contributed by atoms with Gasteiger partial charge in [0.25, 0.3) is 11.5 Å². The molecule has 1 rings (SSSR count). The highest BCUT2D eigenvalue weighted by Gasteiger charge is 2.11. The minimum Gasteiger partial charge on any atom is -0.352 e. The molecule has 2 N–H and O–H groups in total. The summed E-state index contributed by atoms with van der Waals surface area (Å²) in [5.41, 5.74) is 0.724. The van der Waals surface area contributed by atoms with E-state index in [-0.39, 0.29) is 22.9 Å². The van der Waals surface area contributed by atoms with Crippen molar-refractivity contribution < 1.29 is 4.79 Å². The van der Waals surface area contributed by atoms with Crippen LogP contribution in [0.4, 0.5) is 0 Å². The molecule has 0 saturated carbocycles. The van der Waals surface area contributed by atoms with Crippen LogP contribution in [0.5, 0.6) is 0 Å². The maximum Gasteiger partial charge on any atom is 0.261 e. The fourth-order valence-corrected chi connectivity index (χ4v) is 1.74. The molecule has 0 saturated heterocycles. The SMILES string of the molecule is CCC(C)CCNC(=O)c1ccc(C(C)C)[nH]c1=O. The fourth-order valence-electron chi connectivity index (χ4n) is 1.74. The molecule has 4 heteroatoms. The highest BCUT2D eigenvalue weighted by molar-refractivity contribution is 5.93. The molecule has 1 amide bonds. The summed E-state index contributed by atoms with van der Waals surface area (Å²) >= 11 is 0. The van der Waals surface area contributed by atoms with Crippen LogP contribution in [0, 0.1) is 5.92 Å². The number of amides is 1. The van der Waals surface area contributed by atoms with E-state index in [9.17, 15) is 9.59 Å². The molecule has 0 radical (unpaired) electrons. The summed E-state index contributed by atoms with van der Waals surface area (Å²) in [5.74, 6) is 0.539. The molecule has 0 aromatic carbocycles. The average Bonchev–Trinajstić information content (AvgIpc) is 2.37. The molecule has 1 heterocycles. The predicted octanol–water partition coefficient (Wildman–Crippen LogP) is 2.66. The molecule has 1 aromatic heterocycles. The summed E-state index contributed by atoms with van der Waals surface area (Å²) in [5, 5.41) is 2.79. The largest absolute Gasteiger partial charge is 0.352 e. The number of rotatable bonds is 6. The van der Waals surface area contributed by atoms with E-state index in [0.29, 0.717) is 12.5 Å². The summed E-state index contributed by atoms with van der Waals surface area (Å²) in [7, 11) is 0. The zero-order valence-electron chi connectivity index (χ0n) is 12.2. The number of carbonyl (C=O) groups is 1. The highest BCUT2D eigenvalue weighted by Crippen LogP contribution is 2.09. The number of carbonyl (C=O) groups excluding carboxylic acids is 1. The Kier molecular flexibility index (Phi) is 5.80. The minimum absolute atomic E-state index is 0.188. The average molecular weight is 264 g/mol. The van der Waals surface area contributed by atoms with Gasteiger partial charge in [-0.1, -0.05) is 34.1 Å². The first kappa shape index (κ1) is 15.5. The van der Waals surface area contributed by atoms with E-state index in [0.717, 1.165) is 18.5 Å². The van der Waals surface area contributed by atoms with E-state index in [1.807, 2.05) is 13.8 Å². The van der Waals surface area contributed by atoms with E-state index in [4.69, 9.17) is 0 Å². The number of H-pyrrole nitrogens is 1. The summed E-state index contributed by atoms with van der Waals surface area (Å²) in [4.78, 5) is 26.5. The second kappa shape index (κ2) is 7.12. The van der Waals surface area contributed by atoms with E-state index < -0.39 is 0 Å². The lowest BCUT2D eigenvalue weighted by Crippen LogP contribution is -2.31. The van der Waals surface area contributed by atoms with E-state index in [1.165, 1.54) is 0 Å². The molecule has 0 aliphatic heterocycles. The Bertz CT molecular complexity index is 477. The molecule has 19 heavy (non-hydrogen) atoms. The van der Waals surface area contributed by atoms with Crippen molar-refractivity contribution in [3.05, 3.63) is 33.7 Å². The number of nitrogens with one attached hydrogen (secondary N) is 2. The van der Waals surface area contributed by atoms with Gasteiger partial charge in [0.1, 0.15) is 5.56 Å². The number of aromatic amines is 1. The second-order valence-corrected chi connectivity index (χ2v) is 5.37. The third-order valence-electron chi connectivity index (χ3n) is 3.42. The van der Waals surface area contributed by atoms with E-state index >= 15 is 0 Å². The zero-order chi connectivity index (χ0) is 14.4. The lowest BCUT2D eigenvalue weighted by molar-refractivity contribution is 0.0950. The van der Waals surface area contributed by atoms with Crippen LogP contribution in [0.2, 0.25) is 0 Å². The van der Waals surface area contributed by atoms with Gasteiger partial charge in [-0.05, 0) is 30.4 Å². The summed E-state index contributed by atoms with van der Waals surface area (Å²) in [6, 6.07) is 3.41. The van der Waals surface area contributed by atoms with Crippen LogP contribution in [0.3, 0.4) is 0 Å². The van der Waals surface area contributed by atoms with Crippen LogP contribution in [0.1, 0.15) is 62.5 Å². The van der Waals surface area contributed by atoms with Crippen molar-refractivity contribution >= 4 is 5.91 Å². The van der Waals surface area contributed by atoms with Crippen LogP contribution < -0.4 is 10.9 Å². The van der Waals surface area contributed by atoms with Gasteiger partial charge < -0.3 is 10.3 Å². The first-order valence-electron chi connectivity index (χ1n) is 6.97. The molecular formula is C15H24N2O2. The van der Waals surface area contributed by atoms with Gasteiger partial charge in [0.05, 0.1) is 0 Å². The van der Waals surface area contributed by atoms with Crippen LogP contribution in [-0.2, 0) is 0 Å². The number of hydrogen-bond acceptors (Lipinski definition) is 2. The van der Waals surface area contributed by atoms with Crippen molar-refractivity contribution in [1.29, 1.82) is 0 Å². The Morgan fingerprint density at radius 1 is 1.32 bits per heavy atom. The molecular weight excluding hydrogens is 240 g/mol. The summed E-state index contributed by atoms with van der Waals surface area (Å²) < 4.78 is 0. The van der Waals surface area contributed by atoms with Crippen LogP contribution in [0.15, 0.2) is 16.9 Å². The molecule has 1 aromatic rings. The number of aromatic nitrogens is 1. The number of hydrogen-bond donors (Lipinski definition) is 2. The van der Waals surface area contributed by atoms with Gasteiger partial charge in [-0.3, -0.25) is 9.59 Å². The lowest BCUT2D eigenvalue weighted by atomic mass is 10.1. The van der Waals surface area contributed by atoms with Gasteiger partial charge in [0.2, 0.25) is 0 Å². The van der Waals surface area contributed by atoms with Gasteiger partial charge in [-0.25, -0.2) is 0 Å². The Hall–Kier alpha value is -1.58. The highest BCUT2D eigenvalue weighted by atomic mass is 16.2. The Morgan fingerprint density at radius 2 is 2.00 bits per heavy atom. The number of pyridine rings is 1. The van der Waals surface area contributed by atoms with Gasteiger partial charge >= 0.3 is 0 Å². The van der Waals surface area contributed by atoms with Crippen molar-refractivity contribution in [3.63, 3.8) is 0 Å². The van der Waals surface area contributed by atoms with Crippen molar-refractivity contribution in [2.24, 2.45) is 5.92 Å². The standard InChI is InChI=1S/C15H24N2O2/c1-5-11(4)8-9-16-14(18)12-6-7-13(10(2)3)17-15(12)19/h6-7,10-11H,5,8-9H2,1-4H3,(H,16,18)(H,17,19). The first-order chi connectivity index (χ1) is 8.95. The van der Waals surface area contributed by atoms with E-state index in [1.54, 1.807) is 12.1 Å². The zero-order valence-corrected chi connectivity index (χ0v) is 12.2. The van der Waals surface area contributed by atoms with Crippen molar-refractivity contribution in [1.82, 2.24) is 10.3 Å². The van der Waals surface area contributed by atoms with Gasteiger partial charge in [0.15, 0.2) is 0 Å². The fraction of sp³-hybridized carbons (Fsp3) is 0.600.